The van der Waals surface area contributed by atoms with Crippen molar-refractivity contribution in [3.8, 4) is 0 Å². The normalized spacial score (nSPS) is 9.75. The van der Waals surface area contributed by atoms with Gasteiger partial charge >= 0.3 is 0 Å². The Bertz CT molecular complexity index is 285. The van der Waals surface area contributed by atoms with Crippen molar-refractivity contribution in [2.24, 2.45) is 5.73 Å². The van der Waals surface area contributed by atoms with Crippen LogP contribution in [-0.2, 0) is 0 Å². The van der Waals surface area contributed by atoms with E-state index < -0.39 is 0 Å². The van der Waals surface area contributed by atoms with Gasteiger partial charge in [0, 0.05) is 11.8 Å². The van der Waals surface area contributed by atoms with Gasteiger partial charge in [-0.25, -0.2) is 4.98 Å². The van der Waals surface area contributed by atoms with Crippen molar-refractivity contribution in [3.63, 3.8) is 0 Å². The third-order valence-electron chi connectivity index (χ3n) is 1.34. The van der Waals surface area contributed by atoms with Crippen molar-refractivity contribution in [1.29, 1.82) is 5.41 Å². The third kappa shape index (κ3) is 1.98. The first-order valence-corrected chi connectivity index (χ1v) is 4.66. The number of nitrogens with one attached hydrogen (secondary N) is 1. The number of amidine groups is 1. The van der Waals surface area contributed by atoms with Crippen molar-refractivity contribution in [2.45, 2.75) is 11.9 Å². The number of thioether (sulfide) groups is 1. The van der Waals surface area contributed by atoms with Crippen LogP contribution in [0.2, 0.25) is 0 Å². The monoisotopic (exact) mass is 181 g/mol. The molecule has 4 heteroatoms. The molecular formula is C8H11N3S. The summed E-state index contributed by atoms with van der Waals surface area (Å²) in [6, 6.07) is 3.60. The summed E-state index contributed by atoms with van der Waals surface area (Å²) in [4.78, 5) is 4.13. The van der Waals surface area contributed by atoms with E-state index in [1.807, 2.05) is 13.0 Å². The van der Waals surface area contributed by atoms with Crippen LogP contribution in [0.5, 0.6) is 0 Å². The number of nitrogens with two attached hydrogens (primary N) is 1. The maximum Gasteiger partial charge on any atom is 0.125 e. The smallest absolute Gasteiger partial charge is 0.125 e. The Labute approximate surface area is 75.9 Å². The lowest BCUT2D eigenvalue weighted by Crippen LogP contribution is -2.12. The van der Waals surface area contributed by atoms with Crippen LogP contribution in [-0.4, -0.2) is 16.6 Å². The third-order valence-corrected chi connectivity index (χ3v) is 2.23. The fourth-order valence-electron chi connectivity index (χ4n) is 0.848. The number of hydrogen-bond acceptors (Lipinski definition) is 3. The highest BCUT2D eigenvalue weighted by Gasteiger charge is 2.04. The van der Waals surface area contributed by atoms with Crippen molar-refractivity contribution in [3.05, 3.63) is 23.9 Å². The Hall–Kier alpha value is -1.03. The summed E-state index contributed by atoms with van der Waals surface area (Å²) in [6.07, 6.45) is 1.71. The Kier molecular flexibility index (Phi) is 3.10. The molecule has 1 heterocycles. The van der Waals surface area contributed by atoms with E-state index in [0.29, 0.717) is 0 Å². The number of hydrogen-bond donors (Lipinski definition) is 2. The molecule has 0 saturated carbocycles. The summed E-state index contributed by atoms with van der Waals surface area (Å²) in [7, 11) is 0. The van der Waals surface area contributed by atoms with E-state index in [1.165, 1.54) is 0 Å². The Morgan fingerprint density at radius 1 is 1.75 bits per heavy atom. The minimum atomic E-state index is 0.0825. The number of nitrogens with zero attached hydrogens (tertiary/aromatic N) is 1. The van der Waals surface area contributed by atoms with E-state index in [9.17, 15) is 0 Å². The molecule has 64 valence electrons. The minimum absolute atomic E-state index is 0.0825. The van der Waals surface area contributed by atoms with Crippen LogP contribution in [0.4, 0.5) is 0 Å². The molecular weight excluding hydrogens is 170 g/mol. The van der Waals surface area contributed by atoms with Gasteiger partial charge in [-0.1, -0.05) is 6.92 Å². The molecule has 0 atom stereocenters. The van der Waals surface area contributed by atoms with Gasteiger partial charge in [-0.2, -0.15) is 0 Å². The van der Waals surface area contributed by atoms with Gasteiger partial charge in [0.25, 0.3) is 0 Å². The van der Waals surface area contributed by atoms with Gasteiger partial charge in [0.1, 0.15) is 10.9 Å². The van der Waals surface area contributed by atoms with Crippen LogP contribution in [0.3, 0.4) is 0 Å². The zero-order chi connectivity index (χ0) is 8.97. The molecule has 1 aromatic heterocycles. The molecule has 3 N–H and O–H groups in total. The van der Waals surface area contributed by atoms with E-state index in [2.05, 4.69) is 4.98 Å². The molecule has 3 nitrogen and oxygen atoms in total. The van der Waals surface area contributed by atoms with Crippen LogP contribution in [0.1, 0.15) is 12.5 Å². The topological polar surface area (TPSA) is 62.8 Å². The molecule has 1 aromatic rings. The molecule has 12 heavy (non-hydrogen) atoms. The number of nitrogen functional groups attached to an aromatic ring is 1. The fraction of sp³-hybridized carbons (Fsp3) is 0.250. The second-order valence-electron chi connectivity index (χ2n) is 2.20. The molecule has 0 aliphatic heterocycles. The lowest BCUT2D eigenvalue weighted by Gasteiger charge is -2.03. The quantitative estimate of drug-likeness (QED) is 0.422. The van der Waals surface area contributed by atoms with Crippen molar-refractivity contribution >= 4 is 17.6 Å². The zero-order valence-electron chi connectivity index (χ0n) is 6.87. The molecule has 0 aliphatic rings. The summed E-state index contributed by atoms with van der Waals surface area (Å²) in [5.74, 6) is 1.02. The van der Waals surface area contributed by atoms with Crippen LogP contribution >= 0.6 is 11.8 Å². The van der Waals surface area contributed by atoms with Crippen LogP contribution in [0, 0.1) is 5.41 Å². The van der Waals surface area contributed by atoms with Crippen molar-refractivity contribution < 1.29 is 0 Å². The van der Waals surface area contributed by atoms with E-state index in [0.717, 1.165) is 16.3 Å². The second-order valence-corrected chi connectivity index (χ2v) is 3.46. The lowest BCUT2D eigenvalue weighted by atomic mass is 10.3. The summed E-state index contributed by atoms with van der Waals surface area (Å²) >= 11 is 1.60. The maximum atomic E-state index is 7.28. The zero-order valence-corrected chi connectivity index (χ0v) is 7.69. The van der Waals surface area contributed by atoms with Crippen LogP contribution < -0.4 is 5.73 Å². The van der Waals surface area contributed by atoms with E-state index in [1.54, 1.807) is 24.0 Å². The van der Waals surface area contributed by atoms with Crippen LogP contribution in [0.15, 0.2) is 23.4 Å². The first-order chi connectivity index (χ1) is 5.75. The molecule has 0 bridgehead atoms. The maximum absolute atomic E-state index is 7.28. The highest BCUT2D eigenvalue weighted by atomic mass is 32.2. The van der Waals surface area contributed by atoms with Gasteiger partial charge in [-0.05, 0) is 17.9 Å². The first-order valence-electron chi connectivity index (χ1n) is 3.68. The summed E-state index contributed by atoms with van der Waals surface area (Å²) in [5.41, 5.74) is 6.10. The van der Waals surface area contributed by atoms with Crippen LogP contribution in [0.25, 0.3) is 0 Å². The summed E-state index contributed by atoms with van der Waals surface area (Å²) in [5, 5.41) is 8.12. The van der Waals surface area contributed by atoms with Crippen molar-refractivity contribution in [2.75, 3.05) is 5.75 Å². The average molecular weight is 181 g/mol. The predicted octanol–water partition coefficient (Wildman–Crippen LogP) is 1.48. The molecule has 1 rings (SSSR count). The Morgan fingerprint density at radius 3 is 3.08 bits per heavy atom. The predicted molar refractivity (Wildman–Crippen MR) is 51.7 cm³/mol. The highest BCUT2D eigenvalue weighted by molar-refractivity contribution is 7.99. The largest absolute Gasteiger partial charge is 0.384 e. The van der Waals surface area contributed by atoms with E-state index in [4.69, 9.17) is 11.1 Å². The molecule has 0 amide bonds. The minimum Gasteiger partial charge on any atom is -0.384 e. The fourth-order valence-corrected chi connectivity index (χ4v) is 1.59. The summed E-state index contributed by atoms with van der Waals surface area (Å²) < 4.78 is 0. The molecule has 0 saturated heterocycles. The van der Waals surface area contributed by atoms with Gasteiger partial charge in [0.15, 0.2) is 0 Å². The number of aromatic nitrogens is 1. The molecule has 0 fully saturated rings. The molecule has 0 unspecified atom stereocenters. The standard InChI is InChI=1S/C8H11N3S/c1-2-12-8-6(7(9)10)4-3-5-11-8/h3-5H,2H2,1H3,(H3,9,10). The van der Waals surface area contributed by atoms with Gasteiger partial charge in [-0.15, -0.1) is 11.8 Å². The highest BCUT2D eigenvalue weighted by Crippen LogP contribution is 2.18. The molecule has 0 aromatic carbocycles. The number of pyridine rings is 1. The first kappa shape index (κ1) is 9.06. The molecule has 0 aliphatic carbocycles. The van der Waals surface area contributed by atoms with Gasteiger partial charge < -0.3 is 5.73 Å². The Balaban J connectivity index is 3.00. The Morgan fingerprint density at radius 2 is 2.50 bits per heavy atom. The van der Waals surface area contributed by atoms with E-state index in [-0.39, 0.29) is 5.84 Å². The molecule has 0 radical (unpaired) electrons. The molecule has 0 spiro atoms. The van der Waals surface area contributed by atoms with Gasteiger partial charge in [-0.3, -0.25) is 5.41 Å². The SMILES string of the molecule is CCSc1ncccc1C(=N)N. The van der Waals surface area contributed by atoms with Gasteiger partial charge in [0.2, 0.25) is 0 Å². The second kappa shape index (κ2) is 4.11. The lowest BCUT2D eigenvalue weighted by molar-refractivity contribution is 1.11. The van der Waals surface area contributed by atoms with Gasteiger partial charge in [0.05, 0.1) is 0 Å². The number of rotatable bonds is 3. The van der Waals surface area contributed by atoms with Crippen molar-refractivity contribution in [1.82, 2.24) is 4.98 Å². The summed E-state index contributed by atoms with van der Waals surface area (Å²) in [6.45, 7) is 2.04. The van der Waals surface area contributed by atoms with E-state index >= 15 is 0 Å². The average Bonchev–Trinajstić information content (AvgIpc) is 2.05.